The van der Waals surface area contributed by atoms with Crippen LogP contribution in [0, 0.1) is 0 Å². The number of carbonyl (C=O) groups is 4. The van der Waals surface area contributed by atoms with Gasteiger partial charge in [0.15, 0.2) is 0 Å². The lowest BCUT2D eigenvalue weighted by Gasteiger charge is -2.18. The van der Waals surface area contributed by atoms with Gasteiger partial charge < -0.3 is 20.7 Å². The van der Waals surface area contributed by atoms with Crippen molar-refractivity contribution in [2.24, 2.45) is 0 Å². The number of carbonyl (C=O) groups excluding carboxylic acids is 4. The van der Waals surface area contributed by atoms with Crippen molar-refractivity contribution in [1.82, 2.24) is 5.32 Å². The van der Waals surface area contributed by atoms with Gasteiger partial charge in [-0.3, -0.25) is 14.4 Å². The Labute approximate surface area is 312 Å². The second-order valence-electron chi connectivity index (χ2n) is 11.7. The summed E-state index contributed by atoms with van der Waals surface area (Å²) in [7, 11) is 1.35. The van der Waals surface area contributed by atoms with Crippen molar-refractivity contribution in [2.45, 2.75) is 35.8 Å². The molecule has 258 valence electrons. The van der Waals surface area contributed by atoms with E-state index in [0.29, 0.717) is 27.4 Å². The molecule has 1 aliphatic carbocycles. The van der Waals surface area contributed by atoms with Gasteiger partial charge in [0.1, 0.15) is 15.9 Å². The first-order chi connectivity index (χ1) is 24.8. The van der Waals surface area contributed by atoms with E-state index < -0.39 is 23.0 Å². The molecule has 0 spiro atoms. The van der Waals surface area contributed by atoms with Crippen LogP contribution in [0.25, 0.3) is 6.08 Å². The molecule has 5 aromatic rings. The number of esters is 1. The zero-order valence-corrected chi connectivity index (χ0v) is 30.8. The van der Waals surface area contributed by atoms with Crippen LogP contribution in [0.1, 0.15) is 60.4 Å². The van der Waals surface area contributed by atoms with Crippen molar-refractivity contribution < 1.29 is 23.9 Å². The summed E-state index contributed by atoms with van der Waals surface area (Å²) < 4.78 is 5.94. The molecule has 51 heavy (non-hydrogen) atoms. The standard InChI is InChI=1S/C40H34BrN3O5S2/c1-49-40(48)34-31-20-8-9-21-33(31)51-39(34)44-38(47)35(26-13-4-2-5-14-26)50-30-19-11-18-29(24-30)42-37(46)32(23-25-12-10-17-28(41)22-25)43-36(45)27-15-6-3-7-16-27/h2-7,10-19,22-24,35H,8-9,20-21H2,1H3,(H,42,46)(H,43,45)(H,44,47)/b32-23+. The third kappa shape index (κ3) is 9.04. The van der Waals surface area contributed by atoms with E-state index in [1.165, 1.54) is 30.2 Å². The number of hydrogen-bond acceptors (Lipinski definition) is 7. The second-order valence-corrected chi connectivity index (χ2v) is 14.9. The Hall–Kier alpha value is -4.97. The van der Waals surface area contributed by atoms with Gasteiger partial charge in [-0.1, -0.05) is 82.7 Å². The van der Waals surface area contributed by atoms with Crippen LogP contribution in [0.2, 0.25) is 0 Å². The van der Waals surface area contributed by atoms with E-state index in [1.54, 1.807) is 48.5 Å². The van der Waals surface area contributed by atoms with E-state index in [4.69, 9.17) is 4.74 Å². The molecule has 0 radical (unpaired) electrons. The zero-order chi connectivity index (χ0) is 35.7. The molecule has 1 heterocycles. The first kappa shape index (κ1) is 35.8. The summed E-state index contributed by atoms with van der Waals surface area (Å²) >= 11 is 6.22. The number of amides is 3. The van der Waals surface area contributed by atoms with Crippen LogP contribution >= 0.6 is 39.0 Å². The van der Waals surface area contributed by atoms with Gasteiger partial charge in [0, 0.05) is 25.5 Å². The van der Waals surface area contributed by atoms with Crippen LogP contribution in [-0.4, -0.2) is 30.8 Å². The lowest BCUT2D eigenvalue weighted by atomic mass is 9.95. The molecule has 0 aliphatic heterocycles. The molecule has 1 aliphatic rings. The van der Waals surface area contributed by atoms with Crippen molar-refractivity contribution in [1.29, 1.82) is 0 Å². The van der Waals surface area contributed by atoms with Crippen LogP contribution in [0.3, 0.4) is 0 Å². The highest BCUT2D eigenvalue weighted by Crippen LogP contribution is 2.41. The molecule has 0 bridgehead atoms. The Morgan fingerprint density at radius 3 is 2.31 bits per heavy atom. The van der Waals surface area contributed by atoms with Gasteiger partial charge in [0.05, 0.1) is 12.7 Å². The molecule has 1 unspecified atom stereocenters. The summed E-state index contributed by atoms with van der Waals surface area (Å²) in [6.45, 7) is 0. The topological polar surface area (TPSA) is 114 Å². The summed E-state index contributed by atoms with van der Waals surface area (Å²) in [4.78, 5) is 55.6. The molecule has 3 N–H and O–H groups in total. The minimum absolute atomic E-state index is 0.0570. The molecule has 0 saturated heterocycles. The lowest BCUT2D eigenvalue weighted by molar-refractivity contribution is -0.116. The van der Waals surface area contributed by atoms with Crippen molar-refractivity contribution >= 4 is 79.5 Å². The number of hydrogen-bond donors (Lipinski definition) is 3. The van der Waals surface area contributed by atoms with Crippen molar-refractivity contribution in [3.8, 4) is 0 Å². The Kier molecular flexibility index (Phi) is 11.8. The molecule has 8 nitrogen and oxygen atoms in total. The summed E-state index contributed by atoms with van der Waals surface area (Å²) in [6.07, 6.45) is 5.28. The van der Waals surface area contributed by atoms with Crippen LogP contribution in [0.4, 0.5) is 10.7 Å². The quantitative estimate of drug-likeness (QED) is 0.0701. The Balaban J connectivity index is 1.25. The second kappa shape index (κ2) is 16.8. The van der Waals surface area contributed by atoms with Gasteiger partial charge in [0.25, 0.3) is 11.8 Å². The Morgan fingerprint density at radius 2 is 1.57 bits per heavy atom. The number of halogens is 1. The molecule has 1 aromatic heterocycles. The number of anilines is 2. The predicted molar refractivity (Wildman–Crippen MR) is 207 cm³/mol. The fraction of sp³-hybridized carbons (Fsp3) is 0.150. The molecule has 6 rings (SSSR count). The molecule has 0 fully saturated rings. The minimum Gasteiger partial charge on any atom is -0.465 e. The lowest BCUT2D eigenvalue weighted by Crippen LogP contribution is -2.30. The number of aryl methyl sites for hydroxylation is 1. The monoisotopic (exact) mass is 779 g/mol. The van der Waals surface area contributed by atoms with Crippen LogP contribution in [0.5, 0.6) is 0 Å². The molecular formula is C40H34BrN3O5S2. The largest absolute Gasteiger partial charge is 0.465 e. The number of methoxy groups -OCH3 is 1. The number of ether oxygens (including phenoxy) is 1. The van der Waals surface area contributed by atoms with Crippen molar-refractivity contribution in [2.75, 3.05) is 17.7 Å². The van der Waals surface area contributed by atoms with Crippen LogP contribution in [0.15, 0.2) is 124 Å². The first-order valence-electron chi connectivity index (χ1n) is 16.3. The molecular weight excluding hydrogens is 746 g/mol. The SMILES string of the molecule is COC(=O)c1c(NC(=O)C(Sc2cccc(NC(=O)/C(=C\c3cccc(Br)c3)NC(=O)c3ccccc3)c2)c2ccccc2)sc2c1CCCC2. The maximum Gasteiger partial charge on any atom is 0.341 e. The summed E-state index contributed by atoms with van der Waals surface area (Å²) in [5.41, 5.74) is 3.85. The van der Waals surface area contributed by atoms with Crippen LogP contribution < -0.4 is 16.0 Å². The number of fused-ring (bicyclic) bond motifs is 1. The average molecular weight is 781 g/mol. The first-order valence-corrected chi connectivity index (χ1v) is 18.8. The highest BCUT2D eigenvalue weighted by atomic mass is 79.9. The highest BCUT2D eigenvalue weighted by molar-refractivity contribution is 9.10. The van der Waals surface area contributed by atoms with E-state index >= 15 is 0 Å². The number of rotatable bonds is 11. The number of benzene rings is 4. The summed E-state index contributed by atoms with van der Waals surface area (Å²) in [5.74, 6) is -1.68. The summed E-state index contributed by atoms with van der Waals surface area (Å²) in [5, 5.41) is 8.56. The maximum atomic E-state index is 14.1. The van der Waals surface area contributed by atoms with E-state index in [2.05, 4.69) is 31.9 Å². The van der Waals surface area contributed by atoms with Gasteiger partial charge in [0.2, 0.25) is 5.91 Å². The van der Waals surface area contributed by atoms with Crippen molar-refractivity contribution in [3.63, 3.8) is 0 Å². The number of nitrogens with one attached hydrogen (secondary N) is 3. The normalized spacial score (nSPS) is 13.0. The van der Waals surface area contributed by atoms with E-state index in [0.717, 1.165) is 51.1 Å². The smallest absolute Gasteiger partial charge is 0.341 e. The highest BCUT2D eigenvalue weighted by Gasteiger charge is 2.30. The van der Waals surface area contributed by atoms with Crippen molar-refractivity contribution in [3.05, 3.63) is 152 Å². The molecule has 11 heteroatoms. The average Bonchev–Trinajstić information content (AvgIpc) is 3.51. The molecule has 0 saturated carbocycles. The Morgan fingerprint density at radius 1 is 0.843 bits per heavy atom. The third-order valence-corrected chi connectivity index (χ3v) is 11.1. The van der Waals surface area contributed by atoms with E-state index in [-0.39, 0.29) is 11.6 Å². The fourth-order valence-corrected chi connectivity index (χ4v) is 8.52. The minimum atomic E-state index is -0.682. The van der Waals surface area contributed by atoms with Gasteiger partial charge in [-0.15, -0.1) is 23.1 Å². The van der Waals surface area contributed by atoms with Gasteiger partial charge in [-0.25, -0.2) is 4.79 Å². The fourth-order valence-electron chi connectivity index (χ4n) is 5.74. The zero-order valence-electron chi connectivity index (χ0n) is 27.6. The van der Waals surface area contributed by atoms with E-state index in [9.17, 15) is 19.2 Å². The van der Waals surface area contributed by atoms with Gasteiger partial charge in [-0.05, 0) is 90.9 Å². The number of thioether (sulfide) groups is 1. The number of thiophene rings is 1. The van der Waals surface area contributed by atoms with Gasteiger partial charge >= 0.3 is 5.97 Å². The molecule has 4 aromatic carbocycles. The van der Waals surface area contributed by atoms with Crippen LogP contribution in [-0.2, 0) is 27.2 Å². The summed E-state index contributed by atoms with van der Waals surface area (Å²) in [6, 6.07) is 32.6. The molecule has 1 atom stereocenters. The van der Waals surface area contributed by atoms with E-state index in [1.807, 2.05) is 66.7 Å². The maximum absolute atomic E-state index is 14.1. The van der Waals surface area contributed by atoms with Gasteiger partial charge in [-0.2, -0.15) is 0 Å². The predicted octanol–water partition coefficient (Wildman–Crippen LogP) is 9.06. The Bertz CT molecular complexity index is 2100. The third-order valence-electron chi connectivity index (χ3n) is 8.17. The molecule has 3 amide bonds.